The van der Waals surface area contributed by atoms with Gasteiger partial charge in [-0.1, -0.05) is 23.4 Å². The van der Waals surface area contributed by atoms with Crippen molar-refractivity contribution in [3.05, 3.63) is 36.4 Å². The van der Waals surface area contributed by atoms with Gasteiger partial charge in [-0.2, -0.15) is 4.98 Å². The van der Waals surface area contributed by atoms with Crippen LogP contribution in [0.25, 0.3) is 22.3 Å². The fraction of sp³-hybridized carbons (Fsp3) is 0.250. The maximum atomic E-state index is 9.10. The van der Waals surface area contributed by atoms with E-state index in [2.05, 4.69) is 32.2 Å². The maximum Gasteiger partial charge on any atom is 0.414 e. The van der Waals surface area contributed by atoms with Crippen LogP contribution in [-0.2, 0) is 23.1 Å². The van der Waals surface area contributed by atoms with Crippen LogP contribution in [0.2, 0.25) is 0 Å². The number of likely N-dealkylation sites (N-methyl/N-ethyl adjacent to an activating group) is 1. The van der Waals surface area contributed by atoms with Crippen LogP contribution in [0.1, 0.15) is 5.89 Å². The second-order valence-electron chi connectivity index (χ2n) is 5.15. The highest BCUT2D eigenvalue weighted by atomic mass is 16.5. The molecule has 0 unspecified atom stereocenters. The normalized spacial score (nSPS) is 10.3. The summed E-state index contributed by atoms with van der Waals surface area (Å²) >= 11 is 0. The van der Waals surface area contributed by atoms with E-state index in [0.717, 1.165) is 23.9 Å². The first kappa shape index (κ1) is 18.1. The largest absolute Gasteiger partial charge is 0.473 e. The van der Waals surface area contributed by atoms with Crippen molar-refractivity contribution in [2.75, 3.05) is 13.6 Å². The van der Waals surface area contributed by atoms with Crippen LogP contribution in [0, 0.1) is 0 Å². The third kappa shape index (κ3) is 4.42. The minimum Gasteiger partial charge on any atom is -0.473 e. The predicted octanol–water partition coefficient (Wildman–Crippen LogP) is 1.15. The highest BCUT2D eigenvalue weighted by Gasteiger charge is 2.14. The molecule has 9 heteroatoms. The van der Waals surface area contributed by atoms with Crippen molar-refractivity contribution < 1.29 is 24.3 Å². The van der Waals surface area contributed by atoms with Crippen LogP contribution >= 0.6 is 0 Å². The van der Waals surface area contributed by atoms with E-state index in [9.17, 15) is 0 Å². The second kappa shape index (κ2) is 8.06. The Balaban J connectivity index is 0.000000326. The molecule has 2 heterocycles. The Hall–Kier alpha value is -3.20. The van der Waals surface area contributed by atoms with Crippen molar-refractivity contribution in [1.29, 1.82) is 0 Å². The standard InChI is InChI=1S/C14H16N4O.C2H2O4/c1-15-8-7-13-16-14(17-19-13)11-9-18(2)12-6-4-3-5-10(11)12;3-1(4)2(5)6/h3-6,9,15H,7-8H2,1-2H3;(H,3,4)(H,5,6). The fourth-order valence-corrected chi connectivity index (χ4v) is 2.22. The van der Waals surface area contributed by atoms with Gasteiger partial charge >= 0.3 is 11.9 Å². The zero-order valence-electron chi connectivity index (χ0n) is 13.8. The number of rotatable bonds is 4. The first-order chi connectivity index (χ1) is 11.9. The van der Waals surface area contributed by atoms with E-state index in [0.29, 0.717) is 11.7 Å². The lowest BCUT2D eigenvalue weighted by atomic mass is 10.2. The molecule has 0 saturated heterocycles. The van der Waals surface area contributed by atoms with Crippen molar-refractivity contribution in [3.8, 4) is 11.4 Å². The molecule has 0 amide bonds. The molecule has 0 spiro atoms. The van der Waals surface area contributed by atoms with Crippen LogP contribution in [0.4, 0.5) is 0 Å². The number of hydrogen-bond acceptors (Lipinski definition) is 6. The number of aliphatic carboxylic acids is 2. The lowest BCUT2D eigenvalue weighted by molar-refractivity contribution is -0.159. The Bertz CT molecular complexity index is 872. The van der Waals surface area contributed by atoms with Gasteiger partial charge < -0.3 is 24.6 Å². The average molecular weight is 346 g/mol. The first-order valence-electron chi connectivity index (χ1n) is 7.42. The number of para-hydroxylation sites is 1. The van der Waals surface area contributed by atoms with Crippen LogP contribution in [0.15, 0.2) is 35.0 Å². The summed E-state index contributed by atoms with van der Waals surface area (Å²) in [5.74, 6) is -2.33. The molecule has 0 bridgehead atoms. The molecule has 0 fully saturated rings. The Kier molecular flexibility index (Phi) is 5.85. The van der Waals surface area contributed by atoms with Crippen LogP contribution in [0.5, 0.6) is 0 Å². The first-order valence-corrected chi connectivity index (χ1v) is 7.42. The number of fused-ring (bicyclic) bond motifs is 1. The molecular weight excluding hydrogens is 328 g/mol. The molecule has 1 aromatic carbocycles. The van der Waals surface area contributed by atoms with Gasteiger partial charge in [0.15, 0.2) is 0 Å². The third-order valence-corrected chi connectivity index (χ3v) is 3.38. The van der Waals surface area contributed by atoms with Crippen LogP contribution in [0.3, 0.4) is 0 Å². The summed E-state index contributed by atoms with van der Waals surface area (Å²) in [6.45, 7) is 0.831. The van der Waals surface area contributed by atoms with Crippen LogP contribution < -0.4 is 5.32 Å². The summed E-state index contributed by atoms with van der Waals surface area (Å²) in [5, 5.41) is 23.1. The summed E-state index contributed by atoms with van der Waals surface area (Å²) in [7, 11) is 3.93. The molecule has 132 valence electrons. The molecule has 0 aliphatic rings. The molecule has 3 N–H and O–H groups in total. The minimum absolute atomic E-state index is 0.655. The zero-order valence-corrected chi connectivity index (χ0v) is 13.8. The van der Waals surface area contributed by atoms with Gasteiger partial charge in [0.1, 0.15) is 0 Å². The molecule has 0 radical (unpaired) electrons. The van der Waals surface area contributed by atoms with Crippen molar-refractivity contribution in [1.82, 2.24) is 20.0 Å². The van der Waals surface area contributed by atoms with E-state index in [1.54, 1.807) is 0 Å². The van der Waals surface area contributed by atoms with Gasteiger partial charge in [0.05, 0.1) is 0 Å². The molecule has 0 aliphatic carbocycles. The Morgan fingerprint density at radius 3 is 2.56 bits per heavy atom. The van der Waals surface area contributed by atoms with Crippen LogP contribution in [-0.4, -0.2) is 50.5 Å². The topological polar surface area (TPSA) is 130 Å². The molecule has 2 aromatic heterocycles. The van der Waals surface area contributed by atoms with Crippen molar-refractivity contribution in [3.63, 3.8) is 0 Å². The van der Waals surface area contributed by atoms with E-state index in [4.69, 9.17) is 24.3 Å². The summed E-state index contributed by atoms with van der Waals surface area (Å²) in [5.41, 5.74) is 2.18. The molecule has 0 atom stereocenters. The van der Waals surface area contributed by atoms with Crippen molar-refractivity contribution in [2.24, 2.45) is 7.05 Å². The highest BCUT2D eigenvalue weighted by Crippen LogP contribution is 2.27. The summed E-state index contributed by atoms with van der Waals surface area (Å²) in [4.78, 5) is 22.6. The summed E-state index contributed by atoms with van der Waals surface area (Å²) < 4.78 is 7.35. The zero-order chi connectivity index (χ0) is 18.4. The lowest BCUT2D eigenvalue weighted by Gasteiger charge is -1.93. The number of aryl methyl sites for hydroxylation is 1. The van der Waals surface area contributed by atoms with E-state index < -0.39 is 11.9 Å². The lowest BCUT2D eigenvalue weighted by Crippen LogP contribution is -2.10. The van der Waals surface area contributed by atoms with Gasteiger partial charge in [0.2, 0.25) is 11.7 Å². The fourth-order valence-electron chi connectivity index (χ4n) is 2.22. The van der Waals surface area contributed by atoms with Gasteiger partial charge in [-0.3, -0.25) is 0 Å². The van der Waals surface area contributed by atoms with Gasteiger partial charge in [-0.05, 0) is 13.1 Å². The quantitative estimate of drug-likeness (QED) is 0.600. The molecule has 25 heavy (non-hydrogen) atoms. The SMILES string of the molecule is CNCCc1nc(-c2cn(C)c3ccccc23)no1.O=C(O)C(=O)O. The third-order valence-electron chi connectivity index (χ3n) is 3.38. The average Bonchev–Trinajstić information content (AvgIpc) is 3.18. The Morgan fingerprint density at radius 2 is 1.92 bits per heavy atom. The number of carboxylic acids is 2. The van der Waals surface area contributed by atoms with Crippen molar-refractivity contribution in [2.45, 2.75) is 6.42 Å². The molecular formula is C16H18N4O5. The molecule has 0 aliphatic heterocycles. The van der Waals surface area contributed by atoms with Crippen molar-refractivity contribution >= 4 is 22.8 Å². The highest BCUT2D eigenvalue weighted by molar-refractivity contribution is 6.27. The van der Waals surface area contributed by atoms with E-state index in [1.165, 1.54) is 5.52 Å². The number of carboxylic acid groups (broad SMARTS) is 2. The monoisotopic (exact) mass is 346 g/mol. The molecule has 3 rings (SSSR count). The van der Waals surface area contributed by atoms with E-state index in [1.807, 2.05) is 32.4 Å². The number of carbonyl (C=O) groups is 2. The molecule has 3 aromatic rings. The smallest absolute Gasteiger partial charge is 0.414 e. The summed E-state index contributed by atoms with van der Waals surface area (Å²) in [6, 6.07) is 8.21. The number of benzene rings is 1. The summed E-state index contributed by atoms with van der Waals surface area (Å²) in [6.07, 6.45) is 2.78. The van der Waals surface area contributed by atoms with Gasteiger partial charge in [0, 0.05) is 42.7 Å². The number of nitrogens with one attached hydrogen (secondary N) is 1. The Labute approximate surface area is 142 Å². The number of nitrogens with zero attached hydrogens (tertiary/aromatic N) is 3. The number of hydrogen-bond donors (Lipinski definition) is 3. The van der Waals surface area contributed by atoms with Gasteiger partial charge in [0.25, 0.3) is 0 Å². The minimum atomic E-state index is -1.82. The molecule has 9 nitrogen and oxygen atoms in total. The van der Waals surface area contributed by atoms with E-state index >= 15 is 0 Å². The Morgan fingerprint density at radius 1 is 1.24 bits per heavy atom. The maximum absolute atomic E-state index is 9.10. The van der Waals surface area contributed by atoms with Gasteiger partial charge in [-0.15, -0.1) is 0 Å². The second-order valence-corrected chi connectivity index (χ2v) is 5.15. The predicted molar refractivity (Wildman–Crippen MR) is 89.1 cm³/mol. The van der Waals surface area contributed by atoms with E-state index in [-0.39, 0.29) is 0 Å². The van der Waals surface area contributed by atoms with Gasteiger partial charge in [-0.25, -0.2) is 9.59 Å². The number of aromatic nitrogens is 3. The molecule has 0 saturated carbocycles.